The fourth-order valence-corrected chi connectivity index (χ4v) is 7.03. The molecule has 0 spiro atoms. The lowest BCUT2D eigenvalue weighted by molar-refractivity contribution is -0.118. The number of hydrogen-bond acceptors (Lipinski definition) is 7. The molecule has 3 N–H and O–H groups in total. The number of benzene rings is 3. The van der Waals surface area contributed by atoms with Crippen LogP contribution < -0.4 is 9.44 Å². The molecule has 0 bridgehead atoms. The van der Waals surface area contributed by atoms with Gasteiger partial charge in [-0.1, -0.05) is 42.5 Å². The van der Waals surface area contributed by atoms with Crippen LogP contribution in [0.25, 0.3) is 11.0 Å². The van der Waals surface area contributed by atoms with Gasteiger partial charge in [0.05, 0.1) is 40.0 Å². The number of rotatable bonds is 7. The molecule has 1 saturated heterocycles. The van der Waals surface area contributed by atoms with Gasteiger partial charge in [-0.05, 0) is 47.9 Å². The maximum Gasteiger partial charge on any atom is 0.242 e. The van der Waals surface area contributed by atoms with E-state index in [2.05, 4.69) is 14.7 Å². The molecule has 2 heterocycles. The largest absolute Gasteiger partial charge is 0.341 e. The molecule has 12 heteroatoms. The number of carbonyl (C=O) groups excluding carboxylic acids is 1. The number of hydrogen-bond donors (Lipinski definition) is 3. The molecule has 188 valence electrons. The molecule has 10 nitrogen and oxygen atoms in total. The van der Waals surface area contributed by atoms with Crippen molar-refractivity contribution < 1.29 is 21.6 Å². The van der Waals surface area contributed by atoms with Crippen molar-refractivity contribution in [3.8, 4) is 6.07 Å². The van der Waals surface area contributed by atoms with Crippen LogP contribution in [-0.4, -0.2) is 32.7 Å². The molecule has 0 radical (unpaired) electrons. The minimum absolute atomic E-state index is 0.0905. The predicted molar refractivity (Wildman–Crippen MR) is 135 cm³/mol. The molecule has 37 heavy (non-hydrogen) atoms. The van der Waals surface area contributed by atoms with Crippen LogP contribution in [0, 0.1) is 11.3 Å². The summed E-state index contributed by atoms with van der Waals surface area (Å²) in [5.41, 5.74) is 2.29. The number of sulfonamides is 2. The van der Waals surface area contributed by atoms with Crippen LogP contribution in [0.5, 0.6) is 0 Å². The maximum absolute atomic E-state index is 13.2. The SMILES string of the molecule is N#Cc1cc(CC(NS(=O)(=O)c2ccccc2)c2nc3ccccc3[nH]2)ccc1C1CC(=O)NS1(=O)=O. The molecule has 2 unspecified atom stereocenters. The van der Waals surface area contributed by atoms with E-state index in [-0.39, 0.29) is 28.9 Å². The normalized spacial score (nSPS) is 17.8. The Morgan fingerprint density at radius 2 is 1.81 bits per heavy atom. The first kappa shape index (κ1) is 24.6. The first-order valence-corrected chi connectivity index (χ1v) is 14.3. The van der Waals surface area contributed by atoms with Crippen LogP contribution in [0.15, 0.2) is 77.7 Å². The molecule has 4 aromatic rings. The summed E-state index contributed by atoms with van der Waals surface area (Å²) in [7, 11) is -7.85. The third kappa shape index (κ3) is 4.97. The first-order chi connectivity index (χ1) is 17.7. The zero-order valence-corrected chi connectivity index (χ0v) is 20.9. The van der Waals surface area contributed by atoms with E-state index in [1.165, 1.54) is 24.3 Å². The summed E-state index contributed by atoms with van der Waals surface area (Å²) in [6.45, 7) is 0. The highest BCUT2D eigenvalue weighted by Gasteiger charge is 2.39. The van der Waals surface area contributed by atoms with Crippen LogP contribution >= 0.6 is 0 Å². The van der Waals surface area contributed by atoms with Crippen LogP contribution in [-0.2, 0) is 31.3 Å². The van der Waals surface area contributed by atoms with Gasteiger partial charge in [-0.25, -0.2) is 26.5 Å². The summed E-state index contributed by atoms with van der Waals surface area (Å²) in [6, 6.07) is 21.0. The highest BCUT2D eigenvalue weighted by atomic mass is 32.2. The summed E-state index contributed by atoms with van der Waals surface area (Å²) in [4.78, 5) is 19.5. The Labute approximate surface area is 213 Å². The number of nitrogens with one attached hydrogen (secondary N) is 3. The molecule has 2 atom stereocenters. The number of nitriles is 1. The monoisotopic (exact) mass is 535 g/mol. The van der Waals surface area contributed by atoms with E-state index < -0.39 is 37.2 Å². The summed E-state index contributed by atoms with van der Waals surface area (Å²) >= 11 is 0. The summed E-state index contributed by atoms with van der Waals surface area (Å²) in [5.74, 6) is -0.241. The molecule has 1 aliphatic rings. The van der Waals surface area contributed by atoms with E-state index in [1.54, 1.807) is 30.3 Å². The highest BCUT2D eigenvalue weighted by Crippen LogP contribution is 2.33. The second-order valence-corrected chi connectivity index (χ2v) is 12.2. The number of nitrogens with zero attached hydrogens (tertiary/aromatic N) is 2. The maximum atomic E-state index is 13.2. The molecular formula is C25H21N5O5S2. The minimum atomic E-state index is -3.93. The van der Waals surface area contributed by atoms with E-state index in [9.17, 15) is 26.9 Å². The third-order valence-electron chi connectivity index (χ3n) is 6.11. The second kappa shape index (κ2) is 9.44. The molecule has 1 aromatic heterocycles. The fraction of sp³-hybridized carbons (Fsp3) is 0.160. The van der Waals surface area contributed by atoms with Gasteiger partial charge in [0.25, 0.3) is 0 Å². The van der Waals surface area contributed by atoms with Crippen molar-refractivity contribution in [1.29, 1.82) is 5.26 Å². The van der Waals surface area contributed by atoms with Crippen molar-refractivity contribution >= 4 is 37.0 Å². The third-order valence-corrected chi connectivity index (χ3v) is 9.28. The van der Waals surface area contributed by atoms with Crippen molar-refractivity contribution in [3.05, 3.63) is 95.3 Å². The number of para-hydroxylation sites is 2. The standard InChI is InChI=1S/C25H21N5O5S2/c26-15-17-12-16(10-11-19(17)23-14-24(31)30-37(23,34)35)13-22(25-27-20-8-4-5-9-21(20)28-25)29-36(32,33)18-6-2-1-3-7-18/h1-12,22-23,29H,13-14H2,(H,27,28)(H,30,31). The van der Waals surface area contributed by atoms with Crippen LogP contribution in [0.4, 0.5) is 0 Å². The molecule has 1 fully saturated rings. The quantitative estimate of drug-likeness (QED) is 0.328. The van der Waals surface area contributed by atoms with Crippen molar-refractivity contribution in [1.82, 2.24) is 19.4 Å². The minimum Gasteiger partial charge on any atom is -0.341 e. The molecular weight excluding hydrogens is 514 g/mol. The van der Waals surface area contributed by atoms with Gasteiger partial charge in [-0.2, -0.15) is 5.26 Å². The number of fused-ring (bicyclic) bond motifs is 1. The summed E-state index contributed by atoms with van der Waals surface area (Å²) in [6.07, 6.45) is -0.149. The molecule has 3 aromatic carbocycles. The van der Waals surface area contributed by atoms with Gasteiger partial charge < -0.3 is 4.98 Å². The van der Waals surface area contributed by atoms with Gasteiger partial charge >= 0.3 is 0 Å². The second-order valence-electron chi connectivity index (χ2n) is 8.63. The summed E-state index contributed by atoms with van der Waals surface area (Å²) in [5, 5.41) is 8.58. The lowest BCUT2D eigenvalue weighted by Crippen LogP contribution is -2.31. The van der Waals surface area contributed by atoms with Gasteiger partial charge in [-0.15, -0.1) is 0 Å². The highest BCUT2D eigenvalue weighted by molar-refractivity contribution is 7.90. The van der Waals surface area contributed by atoms with Gasteiger partial charge in [0.1, 0.15) is 11.1 Å². The number of aromatic amines is 1. The molecule has 5 rings (SSSR count). The number of imidazole rings is 1. The Morgan fingerprint density at radius 3 is 2.49 bits per heavy atom. The smallest absolute Gasteiger partial charge is 0.242 e. The number of carbonyl (C=O) groups is 1. The Balaban J connectivity index is 1.52. The van der Waals surface area contributed by atoms with Crippen molar-refractivity contribution in [2.24, 2.45) is 0 Å². The van der Waals surface area contributed by atoms with Gasteiger partial charge in [0.15, 0.2) is 0 Å². The average molecular weight is 536 g/mol. The van der Waals surface area contributed by atoms with Crippen LogP contribution in [0.2, 0.25) is 0 Å². The van der Waals surface area contributed by atoms with E-state index in [0.717, 1.165) is 5.52 Å². The Morgan fingerprint density at radius 1 is 1.08 bits per heavy atom. The molecule has 1 amide bonds. The topological polar surface area (TPSA) is 162 Å². The lowest BCUT2D eigenvalue weighted by Gasteiger charge is -2.18. The predicted octanol–water partition coefficient (Wildman–Crippen LogP) is 2.59. The Bertz CT molecular complexity index is 1730. The van der Waals surface area contributed by atoms with Gasteiger partial charge in [0, 0.05) is 0 Å². The van der Waals surface area contributed by atoms with Crippen molar-refractivity contribution in [2.75, 3.05) is 0 Å². The van der Waals surface area contributed by atoms with Crippen LogP contribution in [0.1, 0.15) is 40.2 Å². The van der Waals surface area contributed by atoms with E-state index in [1.807, 2.05) is 29.0 Å². The van der Waals surface area contributed by atoms with Crippen molar-refractivity contribution in [3.63, 3.8) is 0 Å². The summed E-state index contributed by atoms with van der Waals surface area (Å²) < 4.78 is 55.7. The molecule has 0 saturated carbocycles. The molecule has 1 aliphatic heterocycles. The van der Waals surface area contributed by atoms with Crippen molar-refractivity contribution in [2.45, 2.75) is 29.0 Å². The number of amides is 1. The Hall–Kier alpha value is -4.05. The number of H-pyrrole nitrogens is 1. The first-order valence-electron chi connectivity index (χ1n) is 11.3. The average Bonchev–Trinajstić information content (AvgIpc) is 3.43. The Kier molecular flexibility index (Phi) is 6.28. The zero-order chi connectivity index (χ0) is 26.2. The number of aromatic nitrogens is 2. The van der Waals surface area contributed by atoms with Gasteiger partial charge in [0.2, 0.25) is 26.0 Å². The van der Waals surface area contributed by atoms with E-state index in [4.69, 9.17) is 0 Å². The van der Waals surface area contributed by atoms with E-state index in [0.29, 0.717) is 16.9 Å². The zero-order valence-electron chi connectivity index (χ0n) is 19.2. The molecule has 0 aliphatic carbocycles. The van der Waals surface area contributed by atoms with Crippen LogP contribution in [0.3, 0.4) is 0 Å². The lowest BCUT2D eigenvalue weighted by atomic mass is 9.97. The fourth-order valence-electron chi connectivity index (χ4n) is 4.36. The van der Waals surface area contributed by atoms with Gasteiger partial charge in [-0.3, -0.25) is 9.52 Å². The van der Waals surface area contributed by atoms with E-state index >= 15 is 0 Å².